The van der Waals surface area contributed by atoms with Crippen LogP contribution in [0.15, 0.2) is 41.6 Å². The molecule has 0 amide bonds. The summed E-state index contributed by atoms with van der Waals surface area (Å²) in [5.74, 6) is -4.45. The number of fused-ring (bicyclic) bond motifs is 1. The van der Waals surface area contributed by atoms with Gasteiger partial charge in [0, 0.05) is 50.7 Å². The van der Waals surface area contributed by atoms with E-state index in [0.717, 1.165) is 49.6 Å². The van der Waals surface area contributed by atoms with Gasteiger partial charge in [-0.3, -0.25) is 9.69 Å². The average molecular weight is 595 g/mol. The molecule has 17 heteroatoms. The molecule has 4 heterocycles. The van der Waals surface area contributed by atoms with Crippen LogP contribution in [0.3, 0.4) is 0 Å². The van der Waals surface area contributed by atoms with Crippen LogP contribution in [-0.4, -0.2) is 85.6 Å². The highest BCUT2D eigenvalue weighted by molar-refractivity contribution is 5.73. The Morgan fingerprint density at radius 2 is 1.66 bits per heavy atom. The molecular formula is C24H27F6N5O6. The number of ether oxygens (including phenoxy) is 1. The molecule has 0 aliphatic carbocycles. The predicted octanol–water partition coefficient (Wildman–Crippen LogP) is 3.25. The normalized spacial score (nSPS) is 14.5. The molecule has 0 atom stereocenters. The van der Waals surface area contributed by atoms with Crippen molar-refractivity contribution in [3.05, 3.63) is 64.2 Å². The van der Waals surface area contributed by atoms with Gasteiger partial charge in [0.2, 0.25) is 0 Å². The first-order valence-electron chi connectivity index (χ1n) is 11.9. The van der Waals surface area contributed by atoms with Crippen LogP contribution in [0.4, 0.5) is 26.3 Å². The summed E-state index contributed by atoms with van der Waals surface area (Å²) in [5.41, 5.74) is 3.11. The number of nitrogens with one attached hydrogen (secondary N) is 1. The number of aromatic nitrogens is 4. The Labute approximate surface area is 228 Å². The zero-order chi connectivity index (χ0) is 30.8. The molecule has 0 aromatic carbocycles. The number of aliphatic carboxylic acids is 2. The van der Waals surface area contributed by atoms with Crippen LogP contribution < -0.4 is 5.56 Å². The molecular weight excluding hydrogens is 568 g/mol. The number of likely N-dealkylation sites (tertiary alicyclic amines) is 1. The predicted molar refractivity (Wildman–Crippen MR) is 130 cm³/mol. The minimum atomic E-state index is -5.08. The Bertz CT molecular complexity index is 1330. The lowest BCUT2D eigenvalue weighted by Gasteiger charge is -2.31. The second kappa shape index (κ2) is 14.6. The third-order valence-electron chi connectivity index (χ3n) is 5.70. The number of halogens is 6. The number of pyridine rings is 1. The van der Waals surface area contributed by atoms with Gasteiger partial charge in [-0.05, 0) is 37.6 Å². The van der Waals surface area contributed by atoms with E-state index in [0.29, 0.717) is 18.9 Å². The van der Waals surface area contributed by atoms with E-state index in [2.05, 4.69) is 42.6 Å². The van der Waals surface area contributed by atoms with Crippen LogP contribution in [-0.2, 0) is 27.3 Å². The SMILES string of the molecule is COCCc1nc(C2CCN(Cc3ccc4nccn4c3)CC2)cc(=O)[nH]1.O=C(O)C(F)(F)F.O=C(O)C(F)(F)F. The Balaban J connectivity index is 0.000000349. The van der Waals surface area contributed by atoms with Gasteiger partial charge in [0.05, 0.1) is 12.3 Å². The zero-order valence-corrected chi connectivity index (χ0v) is 21.6. The number of aromatic amines is 1. The number of rotatable bonds is 6. The zero-order valence-electron chi connectivity index (χ0n) is 21.6. The summed E-state index contributed by atoms with van der Waals surface area (Å²) in [6, 6.07) is 5.86. The van der Waals surface area contributed by atoms with Crippen LogP contribution in [0.25, 0.3) is 5.65 Å². The highest BCUT2D eigenvalue weighted by Gasteiger charge is 2.38. The topological polar surface area (TPSA) is 150 Å². The second-order valence-corrected chi connectivity index (χ2v) is 8.75. The molecule has 0 unspecified atom stereocenters. The van der Waals surface area contributed by atoms with E-state index in [-0.39, 0.29) is 5.56 Å². The van der Waals surface area contributed by atoms with Crippen molar-refractivity contribution < 1.29 is 50.9 Å². The van der Waals surface area contributed by atoms with Gasteiger partial charge in [0.25, 0.3) is 5.56 Å². The number of hydrogen-bond donors (Lipinski definition) is 3. The van der Waals surface area contributed by atoms with E-state index in [4.69, 9.17) is 24.5 Å². The van der Waals surface area contributed by atoms with E-state index in [1.54, 1.807) is 13.2 Å². The lowest BCUT2D eigenvalue weighted by molar-refractivity contribution is -0.193. The van der Waals surface area contributed by atoms with Crippen LogP contribution in [0.5, 0.6) is 0 Å². The highest BCUT2D eigenvalue weighted by Crippen LogP contribution is 2.27. The van der Waals surface area contributed by atoms with Crippen molar-refractivity contribution in [3.63, 3.8) is 0 Å². The molecule has 226 valence electrons. The highest BCUT2D eigenvalue weighted by atomic mass is 19.4. The number of nitrogens with zero attached hydrogens (tertiary/aromatic N) is 4. The molecule has 0 bridgehead atoms. The van der Waals surface area contributed by atoms with Crippen molar-refractivity contribution in [3.8, 4) is 0 Å². The first-order valence-corrected chi connectivity index (χ1v) is 11.9. The number of carboxylic acids is 2. The summed E-state index contributed by atoms with van der Waals surface area (Å²) in [4.78, 5) is 44.0. The maximum absolute atomic E-state index is 12.0. The van der Waals surface area contributed by atoms with Gasteiger partial charge in [-0.25, -0.2) is 19.6 Å². The second-order valence-electron chi connectivity index (χ2n) is 8.75. The number of alkyl halides is 6. The van der Waals surface area contributed by atoms with Gasteiger partial charge in [-0.15, -0.1) is 0 Å². The minimum absolute atomic E-state index is 0.0674. The van der Waals surface area contributed by atoms with E-state index < -0.39 is 24.3 Å². The first-order chi connectivity index (χ1) is 19.1. The van der Waals surface area contributed by atoms with Crippen molar-refractivity contribution >= 4 is 17.6 Å². The third-order valence-corrected chi connectivity index (χ3v) is 5.70. The van der Waals surface area contributed by atoms with Gasteiger partial charge in [0.15, 0.2) is 0 Å². The fourth-order valence-corrected chi connectivity index (χ4v) is 3.76. The molecule has 1 fully saturated rings. The van der Waals surface area contributed by atoms with Crippen molar-refractivity contribution in [2.75, 3.05) is 26.8 Å². The van der Waals surface area contributed by atoms with E-state index in [9.17, 15) is 31.1 Å². The molecule has 3 N–H and O–H groups in total. The van der Waals surface area contributed by atoms with Crippen molar-refractivity contribution in [2.24, 2.45) is 0 Å². The Kier molecular flexibility index (Phi) is 11.8. The summed E-state index contributed by atoms with van der Waals surface area (Å²) in [7, 11) is 1.66. The maximum atomic E-state index is 12.0. The summed E-state index contributed by atoms with van der Waals surface area (Å²) in [6.07, 6.45) is -1.55. The van der Waals surface area contributed by atoms with Crippen molar-refractivity contribution in [1.29, 1.82) is 0 Å². The van der Waals surface area contributed by atoms with Gasteiger partial charge in [-0.2, -0.15) is 26.3 Å². The van der Waals surface area contributed by atoms with E-state index in [1.807, 2.05) is 12.4 Å². The number of imidazole rings is 1. The lowest BCUT2D eigenvalue weighted by Crippen LogP contribution is -2.33. The van der Waals surface area contributed by atoms with Gasteiger partial charge in [0.1, 0.15) is 11.5 Å². The molecule has 1 aliphatic rings. The molecule has 1 saturated heterocycles. The minimum Gasteiger partial charge on any atom is -0.475 e. The summed E-state index contributed by atoms with van der Waals surface area (Å²) in [6.45, 7) is 3.51. The largest absolute Gasteiger partial charge is 0.490 e. The first kappa shape index (κ1) is 33.2. The fourth-order valence-electron chi connectivity index (χ4n) is 3.76. The maximum Gasteiger partial charge on any atom is 0.490 e. The van der Waals surface area contributed by atoms with E-state index in [1.165, 1.54) is 5.56 Å². The molecule has 11 nitrogen and oxygen atoms in total. The number of carboxylic acid groups (broad SMARTS) is 2. The molecule has 0 spiro atoms. The Hall–Kier alpha value is -3.99. The quantitative estimate of drug-likeness (QED) is 0.365. The van der Waals surface area contributed by atoms with Crippen LogP contribution in [0.1, 0.15) is 35.8 Å². The Morgan fingerprint density at radius 1 is 1.07 bits per heavy atom. The molecule has 3 aromatic rings. The number of methoxy groups -OCH3 is 1. The molecule has 3 aromatic heterocycles. The standard InChI is InChI=1S/C20H25N5O2.2C2HF3O2/c1-27-11-6-18-22-17(12-20(26)23-18)16-4-8-24(9-5-16)13-15-2-3-19-21-7-10-25(19)14-15;2*3-2(4,5)1(6)7/h2-3,7,10,12,14,16H,4-6,8-9,11,13H2,1H3,(H,22,23,26);2*(H,6,7). The average Bonchev–Trinajstić information content (AvgIpc) is 3.35. The molecule has 0 radical (unpaired) electrons. The molecule has 1 aliphatic heterocycles. The van der Waals surface area contributed by atoms with Gasteiger partial charge < -0.3 is 24.3 Å². The van der Waals surface area contributed by atoms with Crippen molar-refractivity contribution in [2.45, 2.75) is 44.1 Å². The lowest BCUT2D eigenvalue weighted by atomic mass is 9.93. The van der Waals surface area contributed by atoms with E-state index >= 15 is 0 Å². The number of carbonyl (C=O) groups is 2. The molecule has 41 heavy (non-hydrogen) atoms. The molecule has 0 saturated carbocycles. The number of H-pyrrole nitrogens is 1. The monoisotopic (exact) mass is 595 g/mol. The van der Waals surface area contributed by atoms with Gasteiger partial charge in [-0.1, -0.05) is 6.07 Å². The third kappa shape index (κ3) is 11.2. The van der Waals surface area contributed by atoms with Crippen LogP contribution in [0.2, 0.25) is 0 Å². The van der Waals surface area contributed by atoms with Gasteiger partial charge >= 0.3 is 24.3 Å². The Morgan fingerprint density at radius 3 is 2.20 bits per heavy atom. The number of piperidine rings is 1. The van der Waals surface area contributed by atoms with Crippen molar-refractivity contribution in [1.82, 2.24) is 24.3 Å². The summed E-state index contributed by atoms with van der Waals surface area (Å²) < 4.78 is 70.6. The summed E-state index contributed by atoms with van der Waals surface area (Å²) >= 11 is 0. The molecule has 4 rings (SSSR count). The van der Waals surface area contributed by atoms with Crippen LogP contribution in [0, 0.1) is 0 Å². The fraction of sp³-hybridized carbons (Fsp3) is 0.458. The summed E-state index contributed by atoms with van der Waals surface area (Å²) in [5, 5.41) is 14.2. The van der Waals surface area contributed by atoms with Crippen LogP contribution >= 0.6 is 0 Å². The number of hydrogen-bond acceptors (Lipinski definition) is 7. The smallest absolute Gasteiger partial charge is 0.475 e.